The van der Waals surface area contributed by atoms with Crippen LogP contribution in [0.5, 0.6) is 11.6 Å². The molecule has 2 amide bonds. The Hall–Kier alpha value is -2.76. The number of urea groups is 1. The van der Waals surface area contributed by atoms with Gasteiger partial charge in [-0.2, -0.15) is 0 Å². The van der Waals surface area contributed by atoms with Gasteiger partial charge in [0.25, 0.3) is 0 Å². The van der Waals surface area contributed by atoms with Gasteiger partial charge in [0.05, 0.1) is 13.7 Å². The second-order valence-corrected chi connectivity index (χ2v) is 5.30. The van der Waals surface area contributed by atoms with E-state index in [2.05, 4.69) is 10.3 Å². The Morgan fingerprint density at radius 3 is 2.67 bits per heavy atom. The number of carbonyl (C=O) groups excluding carboxylic acids is 1. The van der Waals surface area contributed by atoms with Crippen LogP contribution in [-0.4, -0.2) is 43.2 Å². The van der Waals surface area contributed by atoms with Gasteiger partial charge in [-0.3, -0.25) is 0 Å². The molecule has 0 aliphatic carbocycles. The van der Waals surface area contributed by atoms with Crippen LogP contribution in [0.1, 0.15) is 12.0 Å². The number of methoxy groups -OCH3 is 1. The number of para-hydroxylation sites is 1. The van der Waals surface area contributed by atoms with Crippen molar-refractivity contribution < 1.29 is 14.3 Å². The SMILES string of the molecule is COc1ccc(CNC(=O)N(C)CCCOc2ccccc2)cn1. The molecule has 0 spiro atoms. The van der Waals surface area contributed by atoms with E-state index in [-0.39, 0.29) is 6.03 Å². The van der Waals surface area contributed by atoms with Crippen molar-refractivity contribution in [1.29, 1.82) is 0 Å². The summed E-state index contributed by atoms with van der Waals surface area (Å²) in [7, 11) is 3.34. The van der Waals surface area contributed by atoms with Crippen LogP contribution in [0.25, 0.3) is 0 Å². The number of pyridine rings is 1. The van der Waals surface area contributed by atoms with Gasteiger partial charge in [0, 0.05) is 32.4 Å². The Kier molecular flexibility index (Phi) is 6.89. The van der Waals surface area contributed by atoms with Crippen LogP contribution in [0.4, 0.5) is 4.79 Å². The Morgan fingerprint density at radius 2 is 2.00 bits per heavy atom. The van der Waals surface area contributed by atoms with Crippen LogP contribution >= 0.6 is 0 Å². The Balaban J connectivity index is 1.64. The molecule has 0 fully saturated rings. The molecule has 0 aliphatic rings. The molecule has 0 saturated heterocycles. The molecule has 2 rings (SSSR count). The van der Waals surface area contributed by atoms with Gasteiger partial charge >= 0.3 is 6.03 Å². The van der Waals surface area contributed by atoms with Gasteiger partial charge in [-0.15, -0.1) is 0 Å². The lowest BCUT2D eigenvalue weighted by molar-refractivity contribution is 0.203. The molecule has 1 aromatic carbocycles. The average molecular weight is 329 g/mol. The Bertz CT molecular complexity index is 617. The summed E-state index contributed by atoms with van der Waals surface area (Å²) in [6, 6.07) is 13.2. The minimum absolute atomic E-state index is 0.120. The number of hydrogen-bond donors (Lipinski definition) is 1. The molecule has 0 atom stereocenters. The molecular formula is C18H23N3O3. The van der Waals surface area contributed by atoms with Crippen LogP contribution in [0.3, 0.4) is 0 Å². The maximum atomic E-state index is 12.0. The van der Waals surface area contributed by atoms with Crippen molar-refractivity contribution in [2.75, 3.05) is 27.3 Å². The molecular weight excluding hydrogens is 306 g/mol. The fraction of sp³-hybridized carbons (Fsp3) is 0.333. The van der Waals surface area contributed by atoms with Gasteiger partial charge in [-0.1, -0.05) is 24.3 Å². The van der Waals surface area contributed by atoms with E-state index in [1.807, 2.05) is 36.4 Å². The number of amides is 2. The summed E-state index contributed by atoms with van der Waals surface area (Å²) >= 11 is 0. The molecule has 6 heteroatoms. The fourth-order valence-electron chi connectivity index (χ4n) is 2.06. The minimum Gasteiger partial charge on any atom is -0.494 e. The number of nitrogens with one attached hydrogen (secondary N) is 1. The summed E-state index contributed by atoms with van der Waals surface area (Å²) in [4.78, 5) is 17.8. The highest BCUT2D eigenvalue weighted by Gasteiger charge is 2.08. The summed E-state index contributed by atoms with van der Waals surface area (Å²) in [5, 5.41) is 2.86. The van der Waals surface area contributed by atoms with E-state index in [0.29, 0.717) is 25.6 Å². The van der Waals surface area contributed by atoms with E-state index in [1.165, 1.54) is 0 Å². The van der Waals surface area contributed by atoms with Gasteiger partial charge in [0.2, 0.25) is 5.88 Å². The number of ether oxygens (including phenoxy) is 2. The minimum atomic E-state index is -0.120. The third-order valence-electron chi connectivity index (χ3n) is 3.45. The van der Waals surface area contributed by atoms with Gasteiger partial charge in [0.1, 0.15) is 5.75 Å². The summed E-state index contributed by atoms with van der Waals surface area (Å²) in [5.74, 6) is 1.40. The second kappa shape index (κ2) is 9.39. The Labute approximate surface area is 142 Å². The first-order chi connectivity index (χ1) is 11.7. The molecule has 0 unspecified atom stereocenters. The van der Waals surface area contributed by atoms with Crippen LogP contribution in [0.15, 0.2) is 48.7 Å². The van der Waals surface area contributed by atoms with Crippen molar-refractivity contribution in [3.63, 3.8) is 0 Å². The third kappa shape index (κ3) is 5.79. The lowest BCUT2D eigenvalue weighted by Crippen LogP contribution is -2.37. The van der Waals surface area contributed by atoms with E-state index in [1.54, 1.807) is 31.3 Å². The molecule has 0 bridgehead atoms. The van der Waals surface area contributed by atoms with E-state index in [4.69, 9.17) is 9.47 Å². The summed E-state index contributed by atoms with van der Waals surface area (Å²) in [5.41, 5.74) is 0.921. The normalized spacial score (nSPS) is 10.1. The zero-order valence-corrected chi connectivity index (χ0v) is 14.1. The number of nitrogens with zero attached hydrogens (tertiary/aromatic N) is 2. The number of rotatable bonds is 8. The quantitative estimate of drug-likeness (QED) is 0.756. The molecule has 128 valence electrons. The van der Waals surface area contributed by atoms with E-state index >= 15 is 0 Å². The first kappa shape index (κ1) is 17.6. The largest absolute Gasteiger partial charge is 0.494 e. The maximum Gasteiger partial charge on any atom is 0.317 e. The predicted molar refractivity (Wildman–Crippen MR) is 92.2 cm³/mol. The number of benzene rings is 1. The highest BCUT2D eigenvalue weighted by Crippen LogP contribution is 2.08. The molecule has 24 heavy (non-hydrogen) atoms. The summed E-state index contributed by atoms with van der Waals surface area (Å²) in [6.07, 6.45) is 2.45. The molecule has 1 N–H and O–H groups in total. The lowest BCUT2D eigenvalue weighted by Gasteiger charge is -2.18. The van der Waals surface area contributed by atoms with Crippen molar-refractivity contribution in [2.45, 2.75) is 13.0 Å². The molecule has 1 aromatic heterocycles. The first-order valence-electron chi connectivity index (χ1n) is 7.85. The van der Waals surface area contributed by atoms with Crippen LogP contribution in [-0.2, 0) is 6.54 Å². The molecule has 0 radical (unpaired) electrons. The second-order valence-electron chi connectivity index (χ2n) is 5.30. The highest BCUT2D eigenvalue weighted by atomic mass is 16.5. The smallest absolute Gasteiger partial charge is 0.317 e. The van der Waals surface area contributed by atoms with E-state index in [9.17, 15) is 4.79 Å². The van der Waals surface area contributed by atoms with Gasteiger partial charge in [0.15, 0.2) is 0 Å². The monoisotopic (exact) mass is 329 g/mol. The van der Waals surface area contributed by atoms with Gasteiger partial charge in [-0.25, -0.2) is 9.78 Å². The van der Waals surface area contributed by atoms with E-state index in [0.717, 1.165) is 17.7 Å². The summed E-state index contributed by atoms with van der Waals surface area (Å²) in [6.45, 7) is 1.63. The standard InChI is InChI=1S/C18H23N3O3/c1-21(11-6-12-24-16-7-4-3-5-8-16)18(22)20-14-15-9-10-17(23-2)19-13-15/h3-5,7-10,13H,6,11-12,14H2,1-2H3,(H,20,22). The first-order valence-corrected chi connectivity index (χ1v) is 7.85. The Morgan fingerprint density at radius 1 is 1.21 bits per heavy atom. The van der Waals surface area contributed by atoms with Crippen molar-refractivity contribution >= 4 is 6.03 Å². The third-order valence-corrected chi connectivity index (χ3v) is 3.45. The van der Waals surface area contributed by atoms with Crippen LogP contribution in [0, 0.1) is 0 Å². The van der Waals surface area contributed by atoms with Gasteiger partial charge in [-0.05, 0) is 24.1 Å². The van der Waals surface area contributed by atoms with Crippen molar-refractivity contribution in [2.24, 2.45) is 0 Å². The van der Waals surface area contributed by atoms with Crippen molar-refractivity contribution in [3.05, 3.63) is 54.2 Å². The number of aromatic nitrogens is 1. The zero-order valence-electron chi connectivity index (χ0n) is 14.1. The topological polar surface area (TPSA) is 63.7 Å². The lowest BCUT2D eigenvalue weighted by atomic mass is 10.3. The van der Waals surface area contributed by atoms with E-state index < -0.39 is 0 Å². The molecule has 2 aromatic rings. The predicted octanol–water partition coefficient (Wildman–Crippen LogP) is 2.70. The van der Waals surface area contributed by atoms with Crippen molar-refractivity contribution in [1.82, 2.24) is 15.2 Å². The summed E-state index contributed by atoms with van der Waals surface area (Å²) < 4.78 is 10.6. The average Bonchev–Trinajstić information content (AvgIpc) is 2.64. The highest BCUT2D eigenvalue weighted by molar-refractivity contribution is 5.73. The number of hydrogen-bond acceptors (Lipinski definition) is 4. The zero-order chi connectivity index (χ0) is 17.2. The molecule has 1 heterocycles. The van der Waals surface area contributed by atoms with Crippen LogP contribution < -0.4 is 14.8 Å². The molecule has 0 saturated carbocycles. The van der Waals surface area contributed by atoms with Crippen LogP contribution in [0.2, 0.25) is 0 Å². The number of carbonyl (C=O) groups is 1. The fourth-order valence-corrected chi connectivity index (χ4v) is 2.06. The van der Waals surface area contributed by atoms with Gasteiger partial charge < -0.3 is 19.7 Å². The molecule has 0 aliphatic heterocycles. The maximum absolute atomic E-state index is 12.0. The van der Waals surface area contributed by atoms with Crippen molar-refractivity contribution in [3.8, 4) is 11.6 Å². The molecule has 6 nitrogen and oxygen atoms in total.